The van der Waals surface area contributed by atoms with E-state index >= 15 is 0 Å². The molecule has 1 aromatic heterocycles. The first kappa shape index (κ1) is 21.0. The number of allylic oxidation sites excluding steroid dienone is 3. The molecule has 174 valence electrons. The Morgan fingerprint density at radius 3 is 2.80 bits per heavy atom. The number of amides is 3. The Labute approximate surface area is 200 Å². The summed E-state index contributed by atoms with van der Waals surface area (Å²) < 4.78 is 17.8. The first-order chi connectivity index (χ1) is 17.0. The number of aryl methyl sites for hydroxylation is 2. The topological polar surface area (TPSA) is 97.8 Å². The van der Waals surface area contributed by atoms with Gasteiger partial charge in [-0.15, -0.1) is 4.90 Å². The van der Waals surface area contributed by atoms with Gasteiger partial charge in [0.05, 0.1) is 0 Å². The molecule has 1 aliphatic carbocycles. The van der Waals surface area contributed by atoms with Crippen molar-refractivity contribution in [2.24, 2.45) is 5.92 Å². The number of rotatable bonds is 4. The van der Waals surface area contributed by atoms with Gasteiger partial charge in [-0.2, -0.15) is 14.4 Å². The van der Waals surface area contributed by atoms with E-state index in [1.807, 2.05) is 44.2 Å². The Hall–Kier alpha value is -4.53. The lowest BCUT2D eigenvalue weighted by atomic mass is 9.94. The summed E-state index contributed by atoms with van der Waals surface area (Å²) in [5.74, 6) is 1.00. The van der Waals surface area contributed by atoms with Crippen molar-refractivity contribution in [3.05, 3.63) is 77.7 Å². The molecule has 0 N–H and O–H groups in total. The molecule has 3 amide bonds. The molecule has 0 bridgehead atoms. The third-order valence-corrected chi connectivity index (χ3v) is 6.22. The second-order valence-corrected chi connectivity index (χ2v) is 8.56. The van der Waals surface area contributed by atoms with E-state index in [-0.39, 0.29) is 25.1 Å². The number of nitrogens with zero attached hydrogens (tertiary/aromatic N) is 4. The molecule has 9 nitrogen and oxygen atoms in total. The number of benzene rings is 2. The predicted molar refractivity (Wildman–Crippen MR) is 125 cm³/mol. The van der Waals surface area contributed by atoms with Crippen LogP contribution >= 0.6 is 0 Å². The van der Waals surface area contributed by atoms with E-state index in [9.17, 15) is 9.59 Å². The summed E-state index contributed by atoms with van der Waals surface area (Å²) in [4.78, 5) is 32.8. The van der Waals surface area contributed by atoms with Gasteiger partial charge in [0.2, 0.25) is 12.6 Å². The third-order valence-electron chi connectivity index (χ3n) is 6.22. The number of aromatic nitrogens is 2. The van der Waals surface area contributed by atoms with E-state index in [4.69, 9.17) is 14.0 Å². The van der Waals surface area contributed by atoms with Gasteiger partial charge in [-0.1, -0.05) is 35.5 Å². The van der Waals surface area contributed by atoms with Crippen LogP contribution in [0.15, 0.2) is 65.2 Å². The van der Waals surface area contributed by atoms with E-state index in [2.05, 4.69) is 10.1 Å². The molecule has 3 heterocycles. The van der Waals surface area contributed by atoms with E-state index in [0.29, 0.717) is 34.3 Å². The number of ether oxygens (including phenoxy) is 2. The number of hydrogen-bond donors (Lipinski definition) is 0. The van der Waals surface area contributed by atoms with Crippen molar-refractivity contribution in [3.8, 4) is 22.9 Å². The smallest absolute Gasteiger partial charge is 0.454 e. The summed E-state index contributed by atoms with van der Waals surface area (Å²) in [6, 6.07) is 10.6. The van der Waals surface area contributed by atoms with E-state index in [1.54, 1.807) is 30.4 Å². The van der Waals surface area contributed by atoms with Crippen LogP contribution in [0.3, 0.4) is 0 Å². The van der Waals surface area contributed by atoms with E-state index < -0.39 is 11.9 Å². The lowest BCUT2D eigenvalue weighted by Crippen LogP contribution is -2.54. The predicted octanol–water partition coefficient (Wildman–Crippen LogP) is 3.94. The molecular weight excluding hydrogens is 448 g/mol. The molecule has 0 spiro atoms. The van der Waals surface area contributed by atoms with Crippen molar-refractivity contribution in [1.29, 1.82) is 0 Å². The highest BCUT2D eigenvalue weighted by atomic mass is 16.7. The summed E-state index contributed by atoms with van der Waals surface area (Å²) in [5.41, 5.74) is 3.63. The molecule has 2 aromatic carbocycles. The van der Waals surface area contributed by atoms with Crippen LogP contribution in [-0.2, 0) is 11.3 Å². The maximum atomic E-state index is 13.7. The van der Waals surface area contributed by atoms with Gasteiger partial charge in [0.15, 0.2) is 18.0 Å². The van der Waals surface area contributed by atoms with E-state index in [1.165, 1.54) is 9.48 Å². The first-order valence-corrected chi connectivity index (χ1v) is 11.2. The van der Waals surface area contributed by atoms with Crippen LogP contribution in [0.5, 0.6) is 11.5 Å². The van der Waals surface area contributed by atoms with Crippen LogP contribution in [0.25, 0.3) is 11.4 Å². The zero-order valence-corrected chi connectivity index (χ0v) is 19.1. The van der Waals surface area contributed by atoms with Crippen molar-refractivity contribution in [1.82, 2.24) is 10.1 Å². The van der Waals surface area contributed by atoms with Crippen molar-refractivity contribution >= 4 is 23.3 Å². The Morgan fingerprint density at radius 2 is 1.91 bits per heavy atom. The molecule has 0 saturated heterocycles. The minimum absolute atomic E-state index is 0.0229. The lowest BCUT2D eigenvalue weighted by molar-refractivity contribution is -0.449. The fourth-order valence-electron chi connectivity index (χ4n) is 4.41. The average molecular weight is 469 g/mol. The van der Waals surface area contributed by atoms with Crippen LogP contribution in [0.4, 0.5) is 10.5 Å². The molecule has 3 aromatic rings. The Balaban J connectivity index is 1.37. The Kier molecular flexibility index (Phi) is 4.84. The summed E-state index contributed by atoms with van der Waals surface area (Å²) in [6.07, 6.45) is 7.18. The summed E-state index contributed by atoms with van der Waals surface area (Å²) in [6.45, 7) is 4.00. The van der Waals surface area contributed by atoms with Crippen LogP contribution in [0, 0.1) is 19.8 Å². The van der Waals surface area contributed by atoms with Gasteiger partial charge in [-0.05, 0) is 55.3 Å². The number of urea groups is 1. The minimum atomic E-state index is -0.589. The normalized spacial score (nSPS) is 18.5. The molecule has 0 saturated carbocycles. The number of imide groups is 1. The Morgan fingerprint density at radius 1 is 1.06 bits per heavy atom. The molecule has 9 heteroatoms. The summed E-state index contributed by atoms with van der Waals surface area (Å²) in [7, 11) is 0. The SMILES string of the molecule is Cc1ccc(C)c(N2C(=O)C3C=CC=CC3=[N+](Cc3nc(-c4ccc5c(c4)OCO5)no3)C2=O)c1. The van der Waals surface area contributed by atoms with Crippen LogP contribution < -0.4 is 14.4 Å². The van der Waals surface area contributed by atoms with Crippen molar-refractivity contribution in [2.45, 2.75) is 20.4 Å². The highest BCUT2D eigenvalue weighted by molar-refractivity contribution is 6.26. The van der Waals surface area contributed by atoms with Crippen molar-refractivity contribution in [3.63, 3.8) is 0 Å². The second-order valence-electron chi connectivity index (χ2n) is 8.56. The minimum Gasteiger partial charge on any atom is -0.454 e. The highest BCUT2D eigenvalue weighted by Crippen LogP contribution is 2.35. The average Bonchev–Trinajstić information content (AvgIpc) is 3.53. The molecule has 1 atom stereocenters. The number of anilines is 1. The molecule has 1 unspecified atom stereocenters. The standard InChI is InChI=1S/C26H21N4O5/c1-15-7-8-16(2)20(11-15)30-25(31)18-5-3-4-6-19(18)29(26(30)32)13-23-27-24(28-35-23)17-9-10-21-22(12-17)34-14-33-21/h3-12,18H,13-14H2,1-2H3/q+1. The molecule has 0 radical (unpaired) electrons. The maximum Gasteiger partial charge on any atom is 0.506 e. The van der Waals surface area contributed by atoms with Crippen LogP contribution in [-0.4, -0.2) is 39.2 Å². The molecule has 3 aliphatic rings. The van der Waals surface area contributed by atoms with Crippen molar-refractivity contribution in [2.75, 3.05) is 11.7 Å². The van der Waals surface area contributed by atoms with Crippen LogP contribution in [0.1, 0.15) is 17.0 Å². The van der Waals surface area contributed by atoms with Gasteiger partial charge in [0, 0.05) is 5.56 Å². The maximum absolute atomic E-state index is 13.7. The Bertz CT molecular complexity index is 1480. The third kappa shape index (κ3) is 3.52. The highest BCUT2D eigenvalue weighted by Gasteiger charge is 2.48. The number of carbonyl (C=O) groups is 2. The van der Waals surface area contributed by atoms with Gasteiger partial charge < -0.3 is 14.0 Å². The number of hydrogen-bond acceptors (Lipinski definition) is 7. The second kappa shape index (κ2) is 8.05. The van der Waals surface area contributed by atoms with Crippen LogP contribution in [0.2, 0.25) is 0 Å². The number of fused-ring (bicyclic) bond motifs is 2. The summed E-state index contributed by atoms with van der Waals surface area (Å²) >= 11 is 0. The molecule has 6 rings (SSSR count). The van der Waals surface area contributed by atoms with Gasteiger partial charge in [-0.25, -0.2) is 4.79 Å². The molecular formula is C26H21N4O5+. The fraction of sp³-hybridized carbons (Fsp3) is 0.192. The molecule has 35 heavy (non-hydrogen) atoms. The van der Waals surface area contributed by atoms with Gasteiger partial charge in [-0.3, -0.25) is 0 Å². The largest absolute Gasteiger partial charge is 0.506 e. The zero-order chi connectivity index (χ0) is 24.1. The quantitative estimate of drug-likeness (QED) is 0.534. The fourth-order valence-corrected chi connectivity index (χ4v) is 4.41. The molecule has 2 aliphatic heterocycles. The summed E-state index contributed by atoms with van der Waals surface area (Å²) in [5, 5.41) is 4.08. The monoisotopic (exact) mass is 469 g/mol. The first-order valence-electron chi connectivity index (χ1n) is 11.2. The molecule has 0 fully saturated rings. The zero-order valence-electron chi connectivity index (χ0n) is 19.1. The van der Waals surface area contributed by atoms with Gasteiger partial charge in [0.1, 0.15) is 17.3 Å². The van der Waals surface area contributed by atoms with Gasteiger partial charge >= 0.3 is 11.9 Å². The van der Waals surface area contributed by atoms with Crippen molar-refractivity contribution < 1.29 is 28.2 Å². The van der Waals surface area contributed by atoms with Gasteiger partial charge in [0.25, 0.3) is 5.89 Å². The van der Waals surface area contributed by atoms with E-state index in [0.717, 1.165) is 11.1 Å². The number of carbonyl (C=O) groups excluding carboxylic acids is 2. The lowest BCUT2D eigenvalue weighted by Gasteiger charge is -2.26.